The summed E-state index contributed by atoms with van der Waals surface area (Å²) in [6, 6.07) is -0.766. The third kappa shape index (κ3) is 3.17. The molecular formula is C14H20ClN3O5S. The first-order valence-corrected chi connectivity index (χ1v) is 9.69. The third-order valence-electron chi connectivity index (χ3n) is 4.77. The number of hydrogen-bond donors (Lipinski definition) is 3. The third-order valence-corrected chi connectivity index (χ3v) is 6.96. The molecule has 134 valence electrons. The lowest BCUT2D eigenvalue weighted by Crippen LogP contribution is -2.55. The van der Waals surface area contributed by atoms with Gasteiger partial charge in [-0.3, -0.25) is 14.3 Å². The van der Waals surface area contributed by atoms with E-state index in [9.17, 15) is 23.1 Å². The Kier molecular flexibility index (Phi) is 4.40. The molecule has 2 saturated carbocycles. The molecule has 1 saturated heterocycles. The summed E-state index contributed by atoms with van der Waals surface area (Å²) in [7, 11) is -3.70. The highest BCUT2D eigenvalue weighted by Gasteiger charge is 2.61. The number of nitrogens with zero attached hydrogens (tertiary/aromatic N) is 1. The minimum absolute atomic E-state index is 0.153. The molecule has 1 aliphatic heterocycles. The maximum absolute atomic E-state index is 12.5. The molecule has 24 heavy (non-hydrogen) atoms. The van der Waals surface area contributed by atoms with Crippen molar-refractivity contribution < 1.29 is 23.1 Å². The van der Waals surface area contributed by atoms with Crippen molar-refractivity contribution in [1.82, 2.24) is 14.5 Å². The normalized spacial score (nSPS) is 36.2. The molecule has 3 fully saturated rings. The van der Waals surface area contributed by atoms with Crippen molar-refractivity contribution in [2.24, 2.45) is 5.92 Å². The van der Waals surface area contributed by atoms with Crippen LogP contribution in [0.1, 0.15) is 25.7 Å². The van der Waals surface area contributed by atoms with Crippen LogP contribution in [-0.4, -0.2) is 59.2 Å². The first kappa shape index (κ1) is 17.7. The van der Waals surface area contributed by atoms with Crippen molar-refractivity contribution in [3.05, 3.63) is 12.7 Å². The van der Waals surface area contributed by atoms with Crippen LogP contribution in [0.4, 0.5) is 0 Å². The smallest absolute Gasteiger partial charge is 0.259 e. The van der Waals surface area contributed by atoms with E-state index in [-0.39, 0.29) is 25.3 Å². The SMILES string of the molecule is C=CC1C[C@]1(NC(=O)[C@@H]1C[C@@H](O)CN1Cl)C(=O)NS(=O)(=O)C1CC1. The number of nitrogens with one attached hydrogen (secondary N) is 2. The summed E-state index contributed by atoms with van der Waals surface area (Å²) in [6.07, 6.45) is 2.32. The second-order valence-electron chi connectivity index (χ2n) is 6.67. The van der Waals surface area contributed by atoms with E-state index in [2.05, 4.69) is 16.6 Å². The standard InChI is InChI=1S/C14H20ClN3O5S/c1-2-8-6-14(8,13(21)17-24(22,23)10-3-4-10)16-12(20)11-5-9(19)7-18(11)15/h2,8-11,19H,1,3-7H2,(H,16,20)(H,17,21)/t8?,9-,11+,14-/m1/s1. The molecular weight excluding hydrogens is 358 g/mol. The van der Waals surface area contributed by atoms with E-state index in [0.29, 0.717) is 12.8 Å². The van der Waals surface area contributed by atoms with E-state index in [1.807, 2.05) is 0 Å². The summed E-state index contributed by atoms with van der Waals surface area (Å²) in [4.78, 5) is 24.9. The van der Waals surface area contributed by atoms with Crippen LogP contribution in [0.15, 0.2) is 12.7 Å². The Bertz CT molecular complexity index is 680. The van der Waals surface area contributed by atoms with Crippen LogP contribution in [0.2, 0.25) is 0 Å². The number of rotatable bonds is 6. The van der Waals surface area contributed by atoms with Crippen LogP contribution in [0.5, 0.6) is 0 Å². The number of aliphatic hydroxyl groups is 1. The second kappa shape index (κ2) is 5.98. The van der Waals surface area contributed by atoms with Crippen LogP contribution in [0.3, 0.4) is 0 Å². The highest BCUT2D eigenvalue weighted by atomic mass is 35.5. The summed E-state index contributed by atoms with van der Waals surface area (Å²) in [6.45, 7) is 3.77. The average Bonchev–Trinajstić information content (AvgIpc) is 3.38. The van der Waals surface area contributed by atoms with Gasteiger partial charge in [0.2, 0.25) is 15.9 Å². The van der Waals surface area contributed by atoms with Gasteiger partial charge in [0.25, 0.3) is 5.91 Å². The number of carbonyl (C=O) groups excluding carboxylic acids is 2. The predicted octanol–water partition coefficient (Wildman–Crippen LogP) is -0.755. The first-order chi connectivity index (χ1) is 11.2. The molecule has 3 rings (SSSR count). The van der Waals surface area contributed by atoms with Gasteiger partial charge in [-0.1, -0.05) is 6.08 Å². The van der Waals surface area contributed by atoms with Crippen molar-refractivity contribution >= 4 is 33.6 Å². The van der Waals surface area contributed by atoms with Crippen molar-refractivity contribution in [3.8, 4) is 0 Å². The predicted molar refractivity (Wildman–Crippen MR) is 86.2 cm³/mol. The quantitative estimate of drug-likeness (QED) is 0.414. The maximum Gasteiger partial charge on any atom is 0.259 e. The van der Waals surface area contributed by atoms with Gasteiger partial charge in [-0.2, -0.15) is 0 Å². The number of amides is 2. The number of aliphatic hydroxyl groups excluding tert-OH is 1. The highest BCUT2D eigenvalue weighted by molar-refractivity contribution is 7.90. The molecule has 0 aromatic carbocycles. The summed E-state index contributed by atoms with van der Waals surface area (Å²) >= 11 is 5.92. The molecule has 0 aromatic rings. The van der Waals surface area contributed by atoms with Crippen LogP contribution < -0.4 is 10.0 Å². The van der Waals surface area contributed by atoms with Gasteiger partial charge in [0.15, 0.2) is 0 Å². The maximum atomic E-state index is 12.5. The van der Waals surface area contributed by atoms with Crippen LogP contribution in [0, 0.1) is 5.92 Å². The average molecular weight is 378 g/mol. The van der Waals surface area contributed by atoms with Crippen LogP contribution in [-0.2, 0) is 19.6 Å². The fourth-order valence-electron chi connectivity index (χ4n) is 3.03. The molecule has 0 bridgehead atoms. The van der Waals surface area contributed by atoms with E-state index in [1.165, 1.54) is 10.5 Å². The summed E-state index contributed by atoms with van der Waals surface area (Å²) in [5.74, 6) is -1.59. The van der Waals surface area contributed by atoms with Gasteiger partial charge in [0, 0.05) is 18.9 Å². The van der Waals surface area contributed by atoms with Gasteiger partial charge in [-0.15, -0.1) is 6.58 Å². The van der Waals surface area contributed by atoms with Gasteiger partial charge in [-0.25, -0.2) is 12.8 Å². The van der Waals surface area contributed by atoms with Gasteiger partial charge < -0.3 is 10.4 Å². The van der Waals surface area contributed by atoms with Crippen molar-refractivity contribution in [3.63, 3.8) is 0 Å². The lowest BCUT2D eigenvalue weighted by Gasteiger charge is -2.22. The number of halogens is 1. The molecule has 3 aliphatic rings. The Balaban J connectivity index is 1.71. The lowest BCUT2D eigenvalue weighted by atomic mass is 10.1. The summed E-state index contributed by atoms with van der Waals surface area (Å²) < 4.78 is 27.2. The highest BCUT2D eigenvalue weighted by Crippen LogP contribution is 2.45. The van der Waals surface area contributed by atoms with Gasteiger partial charge in [-0.05, 0) is 31.0 Å². The number of hydrogen-bond acceptors (Lipinski definition) is 6. The zero-order valence-corrected chi connectivity index (χ0v) is 14.5. The molecule has 8 nitrogen and oxygen atoms in total. The Labute approximate surface area is 145 Å². The molecule has 2 aliphatic carbocycles. The lowest BCUT2D eigenvalue weighted by molar-refractivity contribution is -0.131. The van der Waals surface area contributed by atoms with Crippen LogP contribution in [0.25, 0.3) is 0 Å². The molecule has 0 spiro atoms. The Morgan fingerprint density at radius 1 is 1.38 bits per heavy atom. The van der Waals surface area contributed by atoms with Crippen molar-refractivity contribution in [2.45, 2.75) is 48.6 Å². The van der Waals surface area contributed by atoms with E-state index in [0.717, 1.165) is 0 Å². The van der Waals surface area contributed by atoms with E-state index >= 15 is 0 Å². The minimum atomic E-state index is -3.70. The molecule has 0 aromatic heterocycles. The van der Waals surface area contributed by atoms with Crippen molar-refractivity contribution in [1.29, 1.82) is 0 Å². The van der Waals surface area contributed by atoms with E-state index in [4.69, 9.17) is 11.8 Å². The first-order valence-electron chi connectivity index (χ1n) is 7.81. The van der Waals surface area contributed by atoms with Crippen molar-refractivity contribution in [2.75, 3.05) is 6.54 Å². The largest absolute Gasteiger partial charge is 0.392 e. The second-order valence-corrected chi connectivity index (χ2v) is 9.07. The monoisotopic (exact) mass is 377 g/mol. The van der Waals surface area contributed by atoms with E-state index in [1.54, 1.807) is 0 Å². The van der Waals surface area contributed by atoms with Gasteiger partial charge in [0.05, 0.1) is 11.4 Å². The molecule has 2 amide bonds. The fourth-order valence-corrected chi connectivity index (χ4v) is 4.72. The molecule has 0 radical (unpaired) electrons. The number of carbonyl (C=O) groups is 2. The Hall–Kier alpha value is -1.16. The summed E-state index contributed by atoms with van der Waals surface area (Å²) in [5, 5.41) is 11.7. The molecule has 4 atom stereocenters. The number of sulfonamides is 1. The Morgan fingerprint density at radius 3 is 2.50 bits per heavy atom. The molecule has 1 unspecified atom stereocenters. The number of β-amino-alcohol motifs (C(OH)–C–C–N with tert-alkyl or cyclic N) is 1. The molecule has 1 heterocycles. The minimum Gasteiger partial charge on any atom is -0.392 e. The zero-order chi connectivity index (χ0) is 17.7. The Morgan fingerprint density at radius 2 is 2.04 bits per heavy atom. The van der Waals surface area contributed by atoms with Gasteiger partial charge in [0.1, 0.15) is 11.6 Å². The van der Waals surface area contributed by atoms with E-state index < -0.39 is 44.8 Å². The topological polar surface area (TPSA) is 116 Å². The zero-order valence-electron chi connectivity index (χ0n) is 12.9. The molecule has 10 heteroatoms. The van der Waals surface area contributed by atoms with Crippen LogP contribution >= 0.6 is 11.8 Å². The fraction of sp³-hybridized carbons (Fsp3) is 0.714. The summed E-state index contributed by atoms with van der Waals surface area (Å²) in [5.41, 5.74) is -1.31. The van der Waals surface area contributed by atoms with Gasteiger partial charge >= 0.3 is 0 Å². The molecule has 3 N–H and O–H groups in total.